The van der Waals surface area contributed by atoms with Gasteiger partial charge in [-0.25, -0.2) is 19.3 Å². The fourth-order valence-electron chi connectivity index (χ4n) is 3.18. The number of nitrogens with zero attached hydrogens (tertiary/aromatic N) is 5. The number of rotatable bonds is 4. The Hall–Kier alpha value is -3.29. The third-order valence-electron chi connectivity index (χ3n) is 4.93. The van der Waals surface area contributed by atoms with Crippen molar-refractivity contribution in [2.45, 2.75) is 19.8 Å². The van der Waals surface area contributed by atoms with Crippen LogP contribution in [0.5, 0.6) is 0 Å². The Morgan fingerprint density at radius 1 is 1.11 bits per heavy atom. The maximum absolute atomic E-state index is 13.0. The quantitative estimate of drug-likeness (QED) is 0.752. The number of hydrogen-bond donors (Lipinski definition) is 1. The van der Waals surface area contributed by atoms with Crippen LogP contribution in [0.25, 0.3) is 5.82 Å². The second-order valence-electron chi connectivity index (χ2n) is 7.03. The summed E-state index contributed by atoms with van der Waals surface area (Å²) in [4.78, 5) is 27.5. The lowest BCUT2D eigenvalue weighted by atomic mass is 9.99. The molecule has 0 bridgehead atoms. The van der Waals surface area contributed by atoms with Crippen LogP contribution in [-0.4, -0.2) is 38.5 Å². The first-order valence-electron chi connectivity index (χ1n) is 9.27. The monoisotopic (exact) mass is 380 g/mol. The third kappa shape index (κ3) is 4.00. The van der Waals surface area contributed by atoms with Crippen molar-refractivity contribution in [3.05, 3.63) is 60.7 Å². The van der Waals surface area contributed by atoms with Gasteiger partial charge in [-0.1, -0.05) is 6.92 Å². The number of piperidine rings is 1. The number of carbonyl (C=O) groups excluding carboxylic acids is 1. The Bertz CT molecular complexity index is 963. The van der Waals surface area contributed by atoms with Crippen LogP contribution in [0.3, 0.4) is 0 Å². The largest absolute Gasteiger partial charge is 0.356 e. The zero-order chi connectivity index (χ0) is 19.5. The van der Waals surface area contributed by atoms with Crippen molar-refractivity contribution in [3.63, 3.8) is 0 Å². The van der Waals surface area contributed by atoms with Crippen molar-refractivity contribution in [1.82, 2.24) is 19.5 Å². The molecule has 8 heteroatoms. The molecule has 1 N–H and O–H groups in total. The lowest BCUT2D eigenvalue weighted by Crippen LogP contribution is -2.33. The number of aromatic nitrogens is 4. The molecule has 0 atom stereocenters. The molecule has 4 rings (SSSR count). The average molecular weight is 380 g/mol. The lowest BCUT2D eigenvalue weighted by Gasteiger charge is -2.31. The zero-order valence-electron chi connectivity index (χ0n) is 15.5. The van der Waals surface area contributed by atoms with E-state index in [-0.39, 0.29) is 17.4 Å². The third-order valence-corrected chi connectivity index (χ3v) is 4.93. The SMILES string of the molecule is CC1CCN(c2cc(-n3cnc(C(=O)Nc4ccc(F)cc4)c3)ncn2)CC1. The second-order valence-corrected chi connectivity index (χ2v) is 7.03. The van der Waals surface area contributed by atoms with Gasteiger partial charge in [-0.15, -0.1) is 0 Å². The van der Waals surface area contributed by atoms with Gasteiger partial charge in [-0.2, -0.15) is 0 Å². The fourth-order valence-corrected chi connectivity index (χ4v) is 3.18. The fraction of sp³-hybridized carbons (Fsp3) is 0.300. The van der Waals surface area contributed by atoms with Crippen LogP contribution in [0.1, 0.15) is 30.3 Å². The summed E-state index contributed by atoms with van der Waals surface area (Å²) in [5.41, 5.74) is 0.751. The Balaban J connectivity index is 1.48. The molecule has 0 unspecified atom stereocenters. The topological polar surface area (TPSA) is 75.9 Å². The van der Waals surface area contributed by atoms with Crippen molar-refractivity contribution in [2.75, 3.05) is 23.3 Å². The van der Waals surface area contributed by atoms with Crippen LogP contribution in [0, 0.1) is 11.7 Å². The Morgan fingerprint density at radius 3 is 2.57 bits per heavy atom. The molecule has 1 amide bonds. The van der Waals surface area contributed by atoms with Crippen LogP contribution in [0.2, 0.25) is 0 Å². The minimum Gasteiger partial charge on any atom is -0.356 e. The van der Waals surface area contributed by atoms with Crippen molar-refractivity contribution in [3.8, 4) is 5.82 Å². The van der Waals surface area contributed by atoms with E-state index >= 15 is 0 Å². The zero-order valence-corrected chi connectivity index (χ0v) is 15.5. The molecule has 1 fully saturated rings. The van der Waals surface area contributed by atoms with Crippen LogP contribution in [0.4, 0.5) is 15.9 Å². The molecule has 144 valence electrons. The number of nitrogens with one attached hydrogen (secondary N) is 1. The number of carbonyl (C=O) groups is 1. The van der Waals surface area contributed by atoms with Gasteiger partial charge in [0.15, 0.2) is 0 Å². The van der Waals surface area contributed by atoms with E-state index in [0.29, 0.717) is 11.5 Å². The van der Waals surface area contributed by atoms with E-state index in [0.717, 1.165) is 37.7 Å². The normalized spacial score (nSPS) is 14.9. The summed E-state index contributed by atoms with van der Waals surface area (Å²) in [5.74, 6) is 1.54. The first kappa shape index (κ1) is 18.1. The highest BCUT2D eigenvalue weighted by atomic mass is 19.1. The molecular weight excluding hydrogens is 359 g/mol. The van der Waals surface area contributed by atoms with E-state index in [1.165, 1.54) is 30.6 Å². The molecule has 1 aliphatic rings. The van der Waals surface area contributed by atoms with E-state index < -0.39 is 0 Å². The minimum absolute atomic E-state index is 0.247. The van der Waals surface area contributed by atoms with Crippen LogP contribution < -0.4 is 10.2 Å². The van der Waals surface area contributed by atoms with Gasteiger partial charge in [0.05, 0.1) is 0 Å². The first-order valence-corrected chi connectivity index (χ1v) is 9.27. The van der Waals surface area contributed by atoms with Crippen molar-refractivity contribution < 1.29 is 9.18 Å². The Kier molecular flexibility index (Phi) is 5.01. The summed E-state index contributed by atoms with van der Waals surface area (Å²) in [5, 5.41) is 2.69. The predicted octanol–water partition coefficient (Wildman–Crippen LogP) is 3.29. The molecule has 0 saturated carbocycles. The van der Waals surface area contributed by atoms with E-state index in [1.807, 2.05) is 6.07 Å². The number of benzene rings is 1. The highest BCUT2D eigenvalue weighted by Crippen LogP contribution is 2.22. The van der Waals surface area contributed by atoms with Gasteiger partial charge in [0.1, 0.15) is 35.8 Å². The Morgan fingerprint density at radius 2 is 1.82 bits per heavy atom. The van der Waals surface area contributed by atoms with Crippen LogP contribution in [-0.2, 0) is 0 Å². The van der Waals surface area contributed by atoms with E-state index in [4.69, 9.17) is 0 Å². The van der Waals surface area contributed by atoms with Crippen molar-refractivity contribution >= 4 is 17.4 Å². The highest BCUT2D eigenvalue weighted by Gasteiger charge is 2.18. The summed E-state index contributed by atoms with van der Waals surface area (Å²) in [6.45, 7) is 4.23. The minimum atomic E-state index is -0.371. The summed E-state index contributed by atoms with van der Waals surface area (Å²) >= 11 is 0. The molecular formula is C20H21FN6O. The van der Waals surface area contributed by atoms with Crippen molar-refractivity contribution in [2.24, 2.45) is 5.92 Å². The Labute approximate surface area is 162 Å². The molecule has 0 aliphatic carbocycles. The predicted molar refractivity (Wildman–Crippen MR) is 104 cm³/mol. The first-order chi connectivity index (χ1) is 13.6. The van der Waals surface area contributed by atoms with Gasteiger partial charge in [0.2, 0.25) is 0 Å². The van der Waals surface area contributed by atoms with Gasteiger partial charge in [-0.05, 0) is 43.0 Å². The summed E-state index contributed by atoms with van der Waals surface area (Å²) in [6, 6.07) is 7.48. The molecule has 1 saturated heterocycles. The number of amides is 1. The van der Waals surface area contributed by atoms with Gasteiger partial charge in [0.25, 0.3) is 5.91 Å². The van der Waals surface area contributed by atoms with E-state index in [2.05, 4.69) is 32.1 Å². The summed E-state index contributed by atoms with van der Waals surface area (Å²) < 4.78 is 14.7. The van der Waals surface area contributed by atoms with E-state index in [9.17, 15) is 9.18 Å². The average Bonchev–Trinajstić information content (AvgIpc) is 3.21. The summed E-state index contributed by atoms with van der Waals surface area (Å²) in [7, 11) is 0. The highest BCUT2D eigenvalue weighted by molar-refractivity contribution is 6.02. The lowest BCUT2D eigenvalue weighted by molar-refractivity contribution is 0.102. The number of halogens is 1. The second kappa shape index (κ2) is 7.75. The molecule has 0 radical (unpaired) electrons. The standard InChI is InChI=1S/C20H21FN6O/c1-14-6-8-26(9-7-14)18-10-19(23-12-22-18)27-11-17(24-13-27)20(28)25-16-4-2-15(21)3-5-16/h2-5,10-14H,6-9H2,1H3,(H,25,28). The maximum Gasteiger partial charge on any atom is 0.275 e. The van der Waals surface area contributed by atoms with Gasteiger partial charge < -0.3 is 10.2 Å². The number of imidazole rings is 1. The van der Waals surface area contributed by atoms with Gasteiger partial charge >= 0.3 is 0 Å². The molecule has 3 aromatic rings. The molecule has 3 heterocycles. The molecule has 7 nitrogen and oxygen atoms in total. The summed E-state index contributed by atoms with van der Waals surface area (Å²) in [6.07, 6.45) is 6.99. The molecule has 0 spiro atoms. The van der Waals surface area contributed by atoms with Crippen LogP contribution >= 0.6 is 0 Å². The number of anilines is 2. The smallest absolute Gasteiger partial charge is 0.275 e. The molecule has 1 aromatic carbocycles. The molecule has 1 aliphatic heterocycles. The van der Waals surface area contributed by atoms with Gasteiger partial charge in [0, 0.05) is 31.0 Å². The molecule has 28 heavy (non-hydrogen) atoms. The number of hydrogen-bond acceptors (Lipinski definition) is 5. The van der Waals surface area contributed by atoms with Crippen molar-refractivity contribution in [1.29, 1.82) is 0 Å². The maximum atomic E-state index is 13.0. The molecule has 2 aromatic heterocycles. The van der Waals surface area contributed by atoms with E-state index in [1.54, 1.807) is 17.1 Å². The van der Waals surface area contributed by atoms with Crippen LogP contribution in [0.15, 0.2) is 49.2 Å². The van der Waals surface area contributed by atoms with Gasteiger partial charge in [-0.3, -0.25) is 9.36 Å².